The van der Waals surface area contributed by atoms with Crippen LogP contribution in [0.2, 0.25) is 5.28 Å². The summed E-state index contributed by atoms with van der Waals surface area (Å²) in [6.45, 7) is -0.0595. The van der Waals surface area contributed by atoms with Gasteiger partial charge in [-0.05, 0) is 29.3 Å². The molecule has 5 nitrogen and oxygen atoms in total. The fourth-order valence-corrected chi connectivity index (χ4v) is 1.52. The van der Waals surface area contributed by atoms with Crippen LogP contribution in [0.3, 0.4) is 0 Å². The van der Waals surface area contributed by atoms with E-state index in [0.29, 0.717) is 17.4 Å². The molecule has 0 aliphatic heterocycles. The number of aliphatic hydroxyl groups excluding tert-OH is 1. The minimum absolute atomic E-state index is 0.0595. The Morgan fingerprint density at radius 1 is 1.28 bits per heavy atom. The topological polar surface area (TPSA) is 64.5 Å². The third-order valence-corrected chi connectivity index (χ3v) is 2.41. The molecule has 2 aromatic rings. The van der Waals surface area contributed by atoms with Crippen molar-refractivity contribution in [1.82, 2.24) is 9.97 Å². The molecule has 0 radical (unpaired) electrons. The van der Waals surface area contributed by atoms with Crippen LogP contribution in [0.25, 0.3) is 0 Å². The van der Waals surface area contributed by atoms with E-state index in [1.807, 2.05) is 0 Å². The van der Waals surface area contributed by atoms with Gasteiger partial charge in [0.05, 0.1) is 13.7 Å². The highest BCUT2D eigenvalue weighted by Crippen LogP contribution is 2.31. The highest BCUT2D eigenvalue weighted by Gasteiger charge is 2.08. The van der Waals surface area contributed by atoms with Crippen molar-refractivity contribution in [2.24, 2.45) is 0 Å². The van der Waals surface area contributed by atoms with Crippen molar-refractivity contribution >= 4 is 11.6 Å². The second-order valence-electron chi connectivity index (χ2n) is 3.41. The Labute approximate surface area is 109 Å². The lowest BCUT2D eigenvalue weighted by Gasteiger charge is -2.10. The first-order chi connectivity index (χ1) is 8.72. The van der Waals surface area contributed by atoms with Gasteiger partial charge in [0, 0.05) is 12.3 Å². The molecule has 18 heavy (non-hydrogen) atoms. The standard InChI is InChI=1S/C12H11ClN2O3/c1-17-10-6-8(7-16)2-3-9(10)18-11-4-5-14-12(13)15-11/h2-6,16H,7H2,1H3. The normalized spacial score (nSPS) is 10.2. The van der Waals surface area contributed by atoms with Crippen molar-refractivity contribution in [3.8, 4) is 17.4 Å². The van der Waals surface area contributed by atoms with E-state index in [4.69, 9.17) is 26.2 Å². The smallest absolute Gasteiger partial charge is 0.225 e. The van der Waals surface area contributed by atoms with Gasteiger partial charge in [-0.3, -0.25) is 0 Å². The minimum atomic E-state index is -0.0595. The number of hydrogen-bond acceptors (Lipinski definition) is 5. The Hall–Kier alpha value is -1.85. The lowest BCUT2D eigenvalue weighted by molar-refractivity contribution is 0.280. The molecule has 0 saturated carbocycles. The Balaban J connectivity index is 2.28. The third-order valence-electron chi connectivity index (χ3n) is 2.23. The van der Waals surface area contributed by atoms with Gasteiger partial charge in [-0.1, -0.05) is 6.07 Å². The number of methoxy groups -OCH3 is 1. The molecule has 1 aromatic carbocycles. The molecule has 0 spiro atoms. The predicted octanol–water partition coefficient (Wildman–Crippen LogP) is 2.42. The lowest BCUT2D eigenvalue weighted by atomic mass is 10.2. The summed E-state index contributed by atoms with van der Waals surface area (Å²) in [5, 5.41) is 9.15. The van der Waals surface area contributed by atoms with E-state index in [1.54, 1.807) is 24.3 Å². The van der Waals surface area contributed by atoms with Crippen molar-refractivity contribution in [3.05, 3.63) is 41.3 Å². The van der Waals surface area contributed by atoms with Crippen molar-refractivity contribution in [1.29, 1.82) is 0 Å². The fraction of sp³-hybridized carbons (Fsp3) is 0.167. The molecule has 0 fully saturated rings. The van der Waals surface area contributed by atoms with Crippen molar-refractivity contribution in [2.75, 3.05) is 7.11 Å². The second kappa shape index (κ2) is 5.66. The SMILES string of the molecule is COc1cc(CO)ccc1Oc1ccnc(Cl)n1. The molecule has 0 atom stereocenters. The van der Waals surface area contributed by atoms with Crippen LogP contribution in [-0.2, 0) is 6.61 Å². The highest BCUT2D eigenvalue weighted by molar-refractivity contribution is 6.28. The maximum Gasteiger partial charge on any atom is 0.225 e. The molecular weight excluding hydrogens is 256 g/mol. The quantitative estimate of drug-likeness (QED) is 0.861. The molecule has 0 unspecified atom stereocenters. The van der Waals surface area contributed by atoms with E-state index in [0.717, 1.165) is 5.56 Å². The summed E-state index contributed by atoms with van der Waals surface area (Å²) in [6, 6.07) is 6.71. The van der Waals surface area contributed by atoms with Gasteiger partial charge >= 0.3 is 0 Å². The molecule has 1 N–H and O–H groups in total. The van der Waals surface area contributed by atoms with E-state index in [-0.39, 0.29) is 11.9 Å². The van der Waals surface area contributed by atoms with Gasteiger partial charge in [-0.15, -0.1) is 0 Å². The van der Waals surface area contributed by atoms with E-state index < -0.39 is 0 Å². The number of aromatic nitrogens is 2. The zero-order valence-corrected chi connectivity index (χ0v) is 10.4. The third kappa shape index (κ3) is 2.88. The Kier molecular flexibility index (Phi) is 3.96. The van der Waals surface area contributed by atoms with Crippen LogP contribution < -0.4 is 9.47 Å². The van der Waals surface area contributed by atoms with Crippen LogP contribution in [-0.4, -0.2) is 22.2 Å². The van der Waals surface area contributed by atoms with Gasteiger partial charge in [-0.25, -0.2) is 4.98 Å². The average Bonchev–Trinajstić information content (AvgIpc) is 2.39. The molecule has 0 saturated heterocycles. The maximum atomic E-state index is 9.04. The molecule has 0 aliphatic carbocycles. The predicted molar refractivity (Wildman–Crippen MR) is 66.0 cm³/mol. The molecule has 0 aliphatic rings. The molecule has 94 valence electrons. The number of aliphatic hydroxyl groups is 1. The largest absolute Gasteiger partial charge is 0.493 e. The number of nitrogens with zero attached hydrogens (tertiary/aromatic N) is 2. The fourth-order valence-electron chi connectivity index (χ4n) is 1.38. The van der Waals surface area contributed by atoms with Gasteiger partial charge in [0.25, 0.3) is 0 Å². The molecule has 6 heteroatoms. The van der Waals surface area contributed by atoms with Crippen LogP contribution in [0.5, 0.6) is 17.4 Å². The monoisotopic (exact) mass is 266 g/mol. The Morgan fingerprint density at radius 3 is 2.78 bits per heavy atom. The summed E-state index contributed by atoms with van der Waals surface area (Å²) in [4.78, 5) is 7.68. The van der Waals surface area contributed by atoms with Crippen LogP contribution in [0, 0.1) is 0 Å². The van der Waals surface area contributed by atoms with Gasteiger partial charge in [-0.2, -0.15) is 4.98 Å². The van der Waals surface area contributed by atoms with Gasteiger partial charge in [0.1, 0.15) is 0 Å². The van der Waals surface area contributed by atoms with E-state index >= 15 is 0 Å². The minimum Gasteiger partial charge on any atom is -0.493 e. The van der Waals surface area contributed by atoms with Crippen molar-refractivity contribution in [3.63, 3.8) is 0 Å². The summed E-state index contributed by atoms with van der Waals surface area (Å²) < 4.78 is 10.7. The summed E-state index contributed by atoms with van der Waals surface area (Å²) in [5.74, 6) is 1.32. The lowest BCUT2D eigenvalue weighted by Crippen LogP contribution is -1.94. The number of hydrogen-bond donors (Lipinski definition) is 1. The van der Waals surface area contributed by atoms with Gasteiger partial charge < -0.3 is 14.6 Å². The van der Waals surface area contributed by atoms with Crippen LogP contribution in [0.4, 0.5) is 0 Å². The zero-order chi connectivity index (χ0) is 13.0. The summed E-state index contributed by atoms with van der Waals surface area (Å²) >= 11 is 5.67. The summed E-state index contributed by atoms with van der Waals surface area (Å²) in [6.07, 6.45) is 1.50. The van der Waals surface area contributed by atoms with Crippen LogP contribution >= 0.6 is 11.6 Å². The molecule has 1 heterocycles. The summed E-state index contributed by atoms with van der Waals surface area (Å²) in [7, 11) is 1.52. The van der Waals surface area contributed by atoms with E-state index in [9.17, 15) is 0 Å². The first-order valence-corrected chi connectivity index (χ1v) is 5.55. The number of benzene rings is 1. The van der Waals surface area contributed by atoms with Crippen molar-refractivity contribution in [2.45, 2.75) is 6.61 Å². The molecule has 2 rings (SSSR count). The number of rotatable bonds is 4. The van der Waals surface area contributed by atoms with Crippen molar-refractivity contribution < 1.29 is 14.6 Å². The molecule has 0 bridgehead atoms. The van der Waals surface area contributed by atoms with Gasteiger partial charge in [0.15, 0.2) is 11.5 Å². The maximum absolute atomic E-state index is 9.04. The van der Waals surface area contributed by atoms with Gasteiger partial charge in [0.2, 0.25) is 11.2 Å². The summed E-state index contributed by atoms with van der Waals surface area (Å²) in [5.41, 5.74) is 0.736. The van der Waals surface area contributed by atoms with Crippen LogP contribution in [0.15, 0.2) is 30.5 Å². The Morgan fingerprint density at radius 2 is 2.11 bits per heavy atom. The molecular formula is C12H11ClN2O3. The Bertz CT molecular complexity index is 549. The van der Waals surface area contributed by atoms with E-state index in [1.165, 1.54) is 13.3 Å². The zero-order valence-electron chi connectivity index (χ0n) is 9.63. The second-order valence-corrected chi connectivity index (χ2v) is 3.75. The molecule has 0 amide bonds. The first kappa shape index (κ1) is 12.6. The van der Waals surface area contributed by atoms with E-state index in [2.05, 4.69) is 9.97 Å². The number of halogens is 1. The number of ether oxygens (including phenoxy) is 2. The first-order valence-electron chi connectivity index (χ1n) is 5.17. The molecule has 1 aromatic heterocycles. The van der Waals surface area contributed by atoms with Crippen LogP contribution in [0.1, 0.15) is 5.56 Å². The average molecular weight is 267 g/mol. The highest BCUT2D eigenvalue weighted by atomic mass is 35.5.